The number of nitro groups is 1. The highest BCUT2D eigenvalue weighted by Crippen LogP contribution is 1.61. The van der Waals surface area contributed by atoms with Crippen molar-refractivity contribution in [3.63, 3.8) is 0 Å². The predicted molar refractivity (Wildman–Crippen MR) is 30.3 cm³/mol. The Morgan fingerprint density at radius 1 is 1.75 bits per heavy atom. The second-order valence-electron chi connectivity index (χ2n) is 1.16. The predicted octanol–water partition coefficient (Wildman–Crippen LogP) is 0.282. The molecule has 0 unspecified atom stereocenters. The van der Waals surface area contributed by atoms with Crippen LogP contribution in [0.4, 0.5) is 0 Å². The molecule has 0 radical (unpaired) electrons. The number of hydrogen-bond donors (Lipinski definition) is 1. The largest absolute Gasteiger partial charge is 0.396 e. The lowest BCUT2D eigenvalue weighted by Crippen LogP contribution is -1.79. The Bertz CT molecular complexity index is 49.2. The van der Waals surface area contributed by atoms with Crippen molar-refractivity contribution in [3.05, 3.63) is 10.1 Å². The van der Waals surface area contributed by atoms with E-state index in [2.05, 4.69) is 0 Å². The van der Waals surface area contributed by atoms with Crippen LogP contribution in [0.15, 0.2) is 0 Å². The number of aliphatic hydroxyl groups excluding tert-OH is 1. The molecule has 8 heavy (non-hydrogen) atoms. The lowest BCUT2D eigenvalue weighted by molar-refractivity contribution is -0.445. The lowest BCUT2D eigenvalue weighted by atomic mass is 10.5. The lowest BCUT2D eigenvalue weighted by Gasteiger charge is -1.69. The molecule has 0 amide bonds. The molecule has 0 spiro atoms. The van der Waals surface area contributed by atoms with Crippen molar-refractivity contribution in [3.8, 4) is 0 Å². The Hall–Kier alpha value is -0.640. The molecule has 0 heterocycles. The summed E-state index contributed by atoms with van der Waals surface area (Å²) in [6, 6.07) is 0. The van der Waals surface area contributed by atoms with Gasteiger partial charge in [-0.2, -0.15) is 0 Å². The van der Waals surface area contributed by atoms with Crippen LogP contribution in [-0.2, 0) is 0 Å². The summed E-state index contributed by atoms with van der Waals surface area (Å²) in [6.07, 6.45) is 0.875. The summed E-state index contributed by atoms with van der Waals surface area (Å²) >= 11 is 0. The molecule has 0 aliphatic rings. The molecular formula is C4H11NO3. The topological polar surface area (TPSA) is 63.4 Å². The zero-order valence-corrected chi connectivity index (χ0v) is 5.13. The molecule has 0 fully saturated rings. The van der Waals surface area contributed by atoms with Gasteiger partial charge in [-0.1, -0.05) is 6.92 Å². The highest BCUT2D eigenvalue weighted by atomic mass is 16.6. The van der Waals surface area contributed by atoms with Crippen molar-refractivity contribution < 1.29 is 10.0 Å². The molecule has 4 heteroatoms. The van der Waals surface area contributed by atoms with Gasteiger partial charge in [0.1, 0.15) is 0 Å². The first-order chi connectivity index (χ1) is 3.65. The minimum absolute atomic E-state index is 0.319. The Morgan fingerprint density at radius 3 is 1.88 bits per heavy atom. The molecular weight excluding hydrogens is 110 g/mol. The molecule has 4 nitrogen and oxygen atoms in total. The number of aliphatic hydroxyl groups is 1. The number of nitrogens with zero attached hydrogens (tertiary/aromatic N) is 1. The number of rotatable bonds is 1. The summed E-state index contributed by atoms with van der Waals surface area (Å²) in [5.74, 6) is 0. The Balaban J connectivity index is 0. The molecule has 0 saturated carbocycles. The van der Waals surface area contributed by atoms with E-state index in [1.165, 1.54) is 0 Å². The third-order valence-corrected chi connectivity index (χ3v) is 0.224. The maximum atomic E-state index is 8.81. The average Bonchev–Trinajstić information content (AvgIpc) is 1.65. The van der Waals surface area contributed by atoms with Crippen LogP contribution in [0, 0.1) is 10.1 Å². The van der Waals surface area contributed by atoms with Gasteiger partial charge >= 0.3 is 0 Å². The van der Waals surface area contributed by atoms with E-state index in [-0.39, 0.29) is 0 Å². The third-order valence-electron chi connectivity index (χ3n) is 0.224. The standard InChI is InChI=1S/C3H8O.CH3NO2/c1-2-3-4;1-2(3)4/h4H,2-3H2,1H3;1H3. The maximum Gasteiger partial charge on any atom is 0.194 e. The van der Waals surface area contributed by atoms with Gasteiger partial charge in [-0.15, -0.1) is 0 Å². The van der Waals surface area contributed by atoms with E-state index in [1.54, 1.807) is 0 Å². The van der Waals surface area contributed by atoms with E-state index in [1.807, 2.05) is 6.92 Å². The van der Waals surface area contributed by atoms with E-state index in [4.69, 9.17) is 15.2 Å². The summed E-state index contributed by atoms with van der Waals surface area (Å²) in [5, 5.41) is 16.7. The fraction of sp³-hybridized carbons (Fsp3) is 1.00. The average molecular weight is 121 g/mol. The van der Waals surface area contributed by atoms with Crippen LogP contribution in [0.25, 0.3) is 0 Å². The van der Waals surface area contributed by atoms with Crippen molar-refractivity contribution in [2.45, 2.75) is 13.3 Å². The first kappa shape index (κ1) is 10.4. The fourth-order valence-electron chi connectivity index (χ4n) is 0. The second-order valence-corrected chi connectivity index (χ2v) is 1.16. The summed E-state index contributed by atoms with van der Waals surface area (Å²) < 4.78 is 0. The van der Waals surface area contributed by atoms with Crippen LogP contribution in [0.5, 0.6) is 0 Å². The van der Waals surface area contributed by atoms with Gasteiger partial charge in [0.15, 0.2) is 7.05 Å². The third kappa shape index (κ3) is 786. The van der Waals surface area contributed by atoms with Crippen LogP contribution in [0.1, 0.15) is 13.3 Å². The number of hydrogen-bond acceptors (Lipinski definition) is 3. The van der Waals surface area contributed by atoms with E-state index in [0.717, 1.165) is 13.5 Å². The summed E-state index contributed by atoms with van der Waals surface area (Å²) in [5.41, 5.74) is 0. The Morgan fingerprint density at radius 2 is 1.88 bits per heavy atom. The molecule has 50 valence electrons. The highest BCUT2D eigenvalue weighted by molar-refractivity contribution is 4.10. The molecule has 0 aromatic heterocycles. The molecule has 0 atom stereocenters. The molecule has 0 saturated heterocycles. The monoisotopic (exact) mass is 121 g/mol. The van der Waals surface area contributed by atoms with Crippen molar-refractivity contribution >= 4 is 0 Å². The van der Waals surface area contributed by atoms with E-state index < -0.39 is 4.92 Å². The second kappa shape index (κ2) is 9.61. The first-order valence-corrected chi connectivity index (χ1v) is 2.34. The van der Waals surface area contributed by atoms with Crippen LogP contribution in [0.2, 0.25) is 0 Å². The van der Waals surface area contributed by atoms with E-state index in [9.17, 15) is 0 Å². The zero-order chi connectivity index (χ0) is 6.99. The minimum atomic E-state index is -0.500. The zero-order valence-electron chi connectivity index (χ0n) is 5.13. The van der Waals surface area contributed by atoms with Crippen molar-refractivity contribution in [1.29, 1.82) is 0 Å². The van der Waals surface area contributed by atoms with Crippen LogP contribution in [0.3, 0.4) is 0 Å². The molecule has 0 aliphatic carbocycles. The molecule has 0 rings (SSSR count). The van der Waals surface area contributed by atoms with Gasteiger partial charge in [-0.3, -0.25) is 10.1 Å². The van der Waals surface area contributed by atoms with Crippen LogP contribution in [-0.4, -0.2) is 23.7 Å². The van der Waals surface area contributed by atoms with E-state index in [0.29, 0.717) is 6.61 Å². The van der Waals surface area contributed by atoms with Gasteiger partial charge in [0.05, 0.1) is 0 Å². The molecule has 0 aliphatic heterocycles. The van der Waals surface area contributed by atoms with Crippen LogP contribution < -0.4 is 0 Å². The normalized spacial score (nSPS) is 6.88. The Kier molecular flexibility index (Phi) is 12.5. The minimum Gasteiger partial charge on any atom is -0.396 e. The fourth-order valence-corrected chi connectivity index (χ4v) is 0. The van der Waals surface area contributed by atoms with Gasteiger partial charge in [-0.05, 0) is 6.42 Å². The van der Waals surface area contributed by atoms with E-state index >= 15 is 0 Å². The van der Waals surface area contributed by atoms with Gasteiger partial charge < -0.3 is 5.11 Å². The van der Waals surface area contributed by atoms with Crippen molar-refractivity contribution in [1.82, 2.24) is 0 Å². The summed E-state index contributed by atoms with van der Waals surface area (Å²) in [7, 11) is 0.889. The first-order valence-electron chi connectivity index (χ1n) is 2.34. The molecule has 0 bridgehead atoms. The smallest absolute Gasteiger partial charge is 0.194 e. The summed E-state index contributed by atoms with van der Waals surface area (Å²) in [4.78, 5) is 8.31. The van der Waals surface area contributed by atoms with Crippen molar-refractivity contribution in [2.24, 2.45) is 0 Å². The summed E-state index contributed by atoms with van der Waals surface area (Å²) in [6.45, 7) is 2.25. The highest BCUT2D eigenvalue weighted by Gasteiger charge is 1.57. The SMILES string of the molecule is CCCO.C[N+](=O)[O-]. The van der Waals surface area contributed by atoms with Gasteiger partial charge in [0, 0.05) is 11.5 Å². The van der Waals surface area contributed by atoms with Gasteiger partial charge in [0.2, 0.25) is 0 Å². The molecule has 0 aromatic rings. The maximum absolute atomic E-state index is 8.81. The Labute approximate surface area is 48.3 Å². The quantitative estimate of drug-likeness (QED) is 0.400. The molecule has 1 N–H and O–H groups in total. The van der Waals surface area contributed by atoms with Gasteiger partial charge in [-0.25, -0.2) is 0 Å². The van der Waals surface area contributed by atoms with Crippen LogP contribution >= 0.6 is 0 Å². The molecule has 0 aromatic carbocycles. The van der Waals surface area contributed by atoms with Crippen molar-refractivity contribution in [2.75, 3.05) is 13.7 Å². The van der Waals surface area contributed by atoms with Gasteiger partial charge in [0.25, 0.3) is 0 Å².